The molecule has 0 bridgehead atoms. The summed E-state index contributed by atoms with van der Waals surface area (Å²) < 4.78 is 6.46. The first-order chi connectivity index (χ1) is 31.1. The fraction of sp³-hybridized carbons (Fsp3) is 1.00. The van der Waals surface area contributed by atoms with Crippen LogP contribution in [0.1, 0.15) is 180 Å². The second-order valence-corrected chi connectivity index (χ2v) is 19.5. The van der Waals surface area contributed by atoms with Gasteiger partial charge in [0.15, 0.2) is 0 Å². The molecule has 10 unspecified atom stereocenters. The van der Waals surface area contributed by atoms with E-state index >= 15 is 0 Å². The van der Waals surface area contributed by atoms with Crippen molar-refractivity contribution in [2.45, 2.75) is 241 Å². The third kappa shape index (κ3) is 32.7. The predicted octanol–water partition coefficient (Wildman–Crippen LogP) is 1.46. The lowest BCUT2D eigenvalue weighted by molar-refractivity contribution is -0.0713. The van der Waals surface area contributed by atoms with E-state index < -0.39 is 99.3 Å². The molecule has 0 spiro atoms. The molecule has 0 radical (unpaired) electrons. The van der Waals surface area contributed by atoms with Gasteiger partial charge in [0.2, 0.25) is 0 Å². The van der Waals surface area contributed by atoms with Crippen LogP contribution in [0.25, 0.3) is 0 Å². The van der Waals surface area contributed by atoms with Gasteiger partial charge in [-0.1, -0.05) is 103 Å². The number of unbranched alkanes of at least 4 members (excludes halogenated alkanes) is 14. The quantitative estimate of drug-likeness (QED) is 0.0384. The van der Waals surface area contributed by atoms with Gasteiger partial charge in [-0.15, -0.1) is 0 Å². The number of ether oxygens (including phenoxy) is 1. The number of hydrogen-bond donors (Lipinski definition) is 16. The van der Waals surface area contributed by atoms with Crippen molar-refractivity contribution in [3.63, 3.8) is 0 Å². The van der Waals surface area contributed by atoms with E-state index in [1.807, 2.05) is 0 Å². The smallest absolute Gasteiger partial charge is 0.0795 e. The highest BCUT2D eigenvalue weighted by Crippen LogP contribution is 2.42. The van der Waals surface area contributed by atoms with E-state index in [9.17, 15) is 81.7 Å². The molecule has 17 heteroatoms. The fourth-order valence-electron chi connectivity index (χ4n) is 9.88. The second kappa shape index (κ2) is 40.1. The molecule has 17 nitrogen and oxygen atoms in total. The molecule has 16 N–H and O–H groups in total. The lowest BCUT2D eigenvalue weighted by atomic mass is 9.70. The van der Waals surface area contributed by atoms with Crippen molar-refractivity contribution in [3.8, 4) is 0 Å². The Balaban J connectivity index is 4.91. The van der Waals surface area contributed by atoms with Gasteiger partial charge in [0.25, 0.3) is 0 Å². The minimum Gasteiger partial charge on any atom is -0.394 e. The van der Waals surface area contributed by atoms with E-state index in [4.69, 9.17) is 4.74 Å². The van der Waals surface area contributed by atoms with E-state index in [0.717, 1.165) is 103 Å². The maximum absolute atomic E-state index is 10.3. The molecule has 65 heavy (non-hydrogen) atoms. The summed E-state index contributed by atoms with van der Waals surface area (Å²) in [6.45, 7) is -3.54. The first-order valence-corrected chi connectivity index (χ1v) is 25.1. The van der Waals surface area contributed by atoms with Gasteiger partial charge in [0.1, 0.15) is 0 Å². The molecule has 0 aromatic carbocycles. The molecular weight excluding hydrogens is 849 g/mol. The van der Waals surface area contributed by atoms with Crippen LogP contribution in [0.4, 0.5) is 0 Å². The number of aliphatic hydroxyl groups excluding tert-OH is 16. The average Bonchev–Trinajstić information content (AvgIpc) is 3.29. The predicted molar refractivity (Wildman–Crippen MR) is 248 cm³/mol. The first-order valence-electron chi connectivity index (χ1n) is 25.1. The van der Waals surface area contributed by atoms with Crippen molar-refractivity contribution in [2.24, 2.45) is 10.8 Å². The van der Waals surface area contributed by atoms with Crippen LogP contribution in [0.15, 0.2) is 0 Å². The first kappa shape index (κ1) is 64.3. The van der Waals surface area contributed by atoms with E-state index in [1.54, 1.807) is 0 Å². The molecule has 0 amide bonds. The monoisotopic (exact) mass is 947 g/mol. The minimum atomic E-state index is -1.04. The summed E-state index contributed by atoms with van der Waals surface area (Å²) in [4.78, 5) is 0. The lowest BCUT2D eigenvalue weighted by Crippen LogP contribution is -2.37. The van der Waals surface area contributed by atoms with Crippen LogP contribution in [0.5, 0.6) is 0 Å². The second-order valence-electron chi connectivity index (χ2n) is 19.5. The maximum atomic E-state index is 10.3. The molecule has 0 saturated heterocycles. The van der Waals surface area contributed by atoms with Crippen molar-refractivity contribution in [1.29, 1.82) is 0 Å². The summed E-state index contributed by atoms with van der Waals surface area (Å²) in [7, 11) is 0. The zero-order valence-corrected chi connectivity index (χ0v) is 39.8. The summed E-state index contributed by atoms with van der Waals surface area (Å²) in [5, 5.41) is 158. The molecule has 0 aliphatic rings. The molecule has 392 valence electrons. The third-order valence-electron chi connectivity index (χ3n) is 13.1. The number of hydrogen-bond acceptors (Lipinski definition) is 17. The largest absolute Gasteiger partial charge is 0.394 e. The van der Waals surface area contributed by atoms with Crippen molar-refractivity contribution in [3.05, 3.63) is 0 Å². The Morgan fingerprint density at radius 1 is 0.262 bits per heavy atom. The summed E-state index contributed by atoms with van der Waals surface area (Å²) in [6, 6.07) is 0. The zero-order chi connectivity index (χ0) is 48.9. The number of rotatable bonds is 48. The molecule has 0 aromatic rings. The highest BCUT2D eigenvalue weighted by molar-refractivity contribution is 4.88. The van der Waals surface area contributed by atoms with Crippen molar-refractivity contribution < 1.29 is 86.4 Å². The van der Waals surface area contributed by atoms with Gasteiger partial charge < -0.3 is 86.4 Å². The summed E-state index contributed by atoms with van der Waals surface area (Å²) in [5.74, 6) is 0. The zero-order valence-electron chi connectivity index (χ0n) is 39.8. The van der Waals surface area contributed by atoms with Crippen LogP contribution < -0.4 is 0 Å². The van der Waals surface area contributed by atoms with Gasteiger partial charge in [-0.2, -0.15) is 0 Å². The van der Waals surface area contributed by atoms with Gasteiger partial charge in [0, 0.05) is 12.8 Å². The third-order valence-corrected chi connectivity index (χ3v) is 13.1. The van der Waals surface area contributed by atoms with E-state index in [2.05, 4.69) is 0 Å². The summed E-state index contributed by atoms with van der Waals surface area (Å²) in [5.41, 5.74) is -1.49. The Morgan fingerprint density at radius 2 is 0.462 bits per heavy atom. The topological polar surface area (TPSA) is 333 Å². The van der Waals surface area contributed by atoms with Gasteiger partial charge in [-0.05, 0) is 75.0 Å². The molecular formula is C48H98O17. The summed E-state index contributed by atoms with van der Waals surface area (Å²) >= 11 is 0. The van der Waals surface area contributed by atoms with Crippen molar-refractivity contribution in [1.82, 2.24) is 0 Å². The fourth-order valence-corrected chi connectivity index (χ4v) is 9.88. The average molecular weight is 947 g/mol. The van der Waals surface area contributed by atoms with Crippen molar-refractivity contribution >= 4 is 0 Å². The van der Waals surface area contributed by atoms with Crippen LogP contribution in [0.3, 0.4) is 0 Å². The normalized spacial score (nSPS) is 18.8. The Bertz CT molecular complexity index is 905. The molecule has 10 atom stereocenters. The Hall–Kier alpha value is -0.680. The molecule has 0 heterocycles. The standard InChI is InChI=1S/C48H98O17/c49-29-37(57)21-45(17-13-9-5-1-3-7-11-15-19-47(23-39(59)31-51,24-40(60)32-52)25-41(61)33-53)65-46(22-38(58)30-50)18-14-10-6-2-4-8-12-16-20-48(26-42(62)34-54,27-43(63)35-55)28-44(64)36-56/h37-46,49-64H,1-36H2. The lowest BCUT2D eigenvalue weighted by Gasteiger charge is -2.38. The van der Waals surface area contributed by atoms with Gasteiger partial charge in [-0.3, -0.25) is 0 Å². The SMILES string of the molecule is OCC(O)CC(CCCCCCCCCCC(CC(O)CO)(CC(O)CO)CC(O)CO)OC(CCCCCCCCCCC(CC(O)CO)(CC(O)CO)CC(O)CO)CC(O)CO. The van der Waals surface area contributed by atoms with Crippen LogP contribution in [0.2, 0.25) is 0 Å². The van der Waals surface area contributed by atoms with E-state index in [1.165, 1.54) is 0 Å². The highest BCUT2D eigenvalue weighted by atomic mass is 16.5. The van der Waals surface area contributed by atoms with Crippen molar-refractivity contribution in [2.75, 3.05) is 52.9 Å². The van der Waals surface area contributed by atoms with Crippen LogP contribution in [0, 0.1) is 10.8 Å². The van der Waals surface area contributed by atoms with Gasteiger partial charge in [0.05, 0.1) is 114 Å². The minimum absolute atomic E-state index is 0.137. The molecule has 0 saturated carbocycles. The van der Waals surface area contributed by atoms with E-state index in [-0.39, 0.29) is 76.8 Å². The molecule has 0 aliphatic heterocycles. The van der Waals surface area contributed by atoms with Crippen LogP contribution >= 0.6 is 0 Å². The van der Waals surface area contributed by atoms with Crippen LogP contribution in [-0.2, 0) is 4.74 Å². The van der Waals surface area contributed by atoms with E-state index in [0.29, 0.717) is 25.7 Å². The molecule has 0 aliphatic carbocycles. The Labute approximate surface area is 390 Å². The van der Waals surface area contributed by atoms with Crippen LogP contribution in [-0.4, -0.2) is 196 Å². The Kier molecular flexibility index (Phi) is 39.7. The summed E-state index contributed by atoms with van der Waals surface area (Å²) in [6.07, 6.45) is 9.92. The number of aliphatic hydroxyl groups is 16. The molecule has 0 aromatic heterocycles. The molecule has 0 fully saturated rings. The molecule has 0 rings (SSSR count). The van der Waals surface area contributed by atoms with Gasteiger partial charge >= 0.3 is 0 Å². The highest BCUT2D eigenvalue weighted by Gasteiger charge is 2.37. The Morgan fingerprint density at radius 3 is 0.677 bits per heavy atom. The maximum Gasteiger partial charge on any atom is 0.0795 e. The van der Waals surface area contributed by atoms with Gasteiger partial charge in [-0.25, -0.2) is 0 Å².